The molecule has 0 bridgehead atoms. The van der Waals surface area contributed by atoms with Crippen LogP contribution in [0.2, 0.25) is 0 Å². The summed E-state index contributed by atoms with van der Waals surface area (Å²) >= 11 is 0. The third kappa shape index (κ3) is 2.92. The first-order chi connectivity index (χ1) is 12.5. The Balaban J connectivity index is 1.45. The van der Waals surface area contributed by atoms with Crippen LogP contribution in [0.5, 0.6) is 5.75 Å². The Morgan fingerprint density at radius 3 is 2.73 bits per heavy atom. The third-order valence-electron chi connectivity index (χ3n) is 5.57. The molecule has 2 aromatic carbocycles. The van der Waals surface area contributed by atoms with E-state index in [1.807, 2.05) is 42.5 Å². The van der Waals surface area contributed by atoms with Crippen LogP contribution in [0.1, 0.15) is 44.2 Å². The lowest BCUT2D eigenvalue weighted by molar-refractivity contribution is 0.215. The zero-order chi connectivity index (χ0) is 18.3. The maximum absolute atomic E-state index is 12.2. The Hall–Kier alpha value is -2.53. The van der Waals surface area contributed by atoms with E-state index in [0.717, 1.165) is 24.3 Å². The van der Waals surface area contributed by atoms with E-state index in [2.05, 4.69) is 36.7 Å². The highest BCUT2D eigenvalue weighted by Gasteiger charge is 2.46. The second-order valence-corrected chi connectivity index (χ2v) is 7.70. The molecule has 0 radical (unpaired) electrons. The van der Waals surface area contributed by atoms with Crippen LogP contribution in [0.4, 0.5) is 16.2 Å². The lowest BCUT2D eigenvalue weighted by Crippen LogP contribution is -2.38. The summed E-state index contributed by atoms with van der Waals surface area (Å²) in [6.07, 6.45) is 0.843. The average molecular weight is 351 g/mol. The molecule has 136 valence electrons. The Bertz CT molecular complexity index is 832. The largest absolute Gasteiger partial charge is 0.417 e. The maximum Gasteiger partial charge on any atom is 0.417 e. The predicted molar refractivity (Wildman–Crippen MR) is 104 cm³/mol. The average Bonchev–Trinajstić information content (AvgIpc) is 3.09. The molecule has 2 unspecified atom stereocenters. The summed E-state index contributed by atoms with van der Waals surface area (Å²) in [5, 5.41) is 9.78. The molecular formula is C21H25N3O2. The van der Waals surface area contributed by atoms with E-state index in [1.54, 1.807) is 0 Å². The molecule has 2 heterocycles. The summed E-state index contributed by atoms with van der Waals surface area (Å²) in [6.45, 7) is 7.52. The van der Waals surface area contributed by atoms with Crippen molar-refractivity contribution in [1.29, 1.82) is 0 Å². The topological polar surface area (TPSA) is 62.4 Å². The lowest BCUT2D eigenvalue weighted by Gasteiger charge is -2.23. The zero-order valence-corrected chi connectivity index (χ0v) is 15.4. The molecule has 3 N–H and O–H groups in total. The van der Waals surface area contributed by atoms with Crippen LogP contribution in [0, 0.1) is 0 Å². The van der Waals surface area contributed by atoms with Gasteiger partial charge < -0.3 is 10.1 Å². The number of benzene rings is 2. The SMILES string of the molecule is CC(C)c1ccc(NC(=O)Oc2ccc3c(c2)C2(C)CCNC2N3)cc1. The molecule has 5 heteroatoms. The summed E-state index contributed by atoms with van der Waals surface area (Å²) in [6, 6.07) is 13.7. The van der Waals surface area contributed by atoms with E-state index in [9.17, 15) is 4.79 Å². The second-order valence-electron chi connectivity index (χ2n) is 7.70. The van der Waals surface area contributed by atoms with Crippen LogP contribution in [0.15, 0.2) is 42.5 Å². The predicted octanol–water partition coefficient (Wildman–Crippen LogP) is 4.42. The number of nitrogens with one attached hydrogen (secondary N) is 3. The van der Waals surface area contributed by atoms with Crippen LogP contribution < -0.4 is 20.7 Å². The summed E-state index contributed by atoms with van der Waals surface area (Å²) in [4.78, 5) is 12.2. The highest BCUT2D eigenvalue weighted by Crippen LogP contribution is 2.46. The van der Waals surface area contributed by atoms with Gasteiger partial charge in [-0.3, -0.25) is 10.6 Å². The van der Waals surface area contributed by atoms with Gasteiger partial charge in [-0.05, 0) is 60.3 Å². The van der Waals surface area contributed by atoms with Crippen molar-refractivity contribution in [2.45, 2.75) is 44.7 Å². The van der Waals surface area contributed by atoms with Gasteiger partial charge in [0.1, 0.15) is 5.75 Å². The van der Waals surface area contributed by atoms with Crippen LogP contribution in [0.3, 0.4) is 0 Å². The normalized spacial score (nSPS) is 23.3. The minimum Gasteiger partial charge on any atom is -0.410 e. The summed E-state index contributed by atoms with van der Waals surface area (Å²) in [7, 11) is 0. The quantitative estimate of drug-likeness (QED) is 0.766. The molecule has 1 fully saturated rings. The van der Waals surface area contributed by atoms with E-state index < -0.39 is 6.09 Å². The van der Waals surface area contributed by atoms with Gasteiger partial charge in [-0.25, -0.2) is 4.79 Å². The van der Waals surface area contributed by atoms with E-state index in [1.165, 1.54) is 11.1 Å². The first-order valence-electron chi connectivity index (χ1n) is 9.19. The fourth-order valence-electron chi connectivity index (χ4n) is 3.89. The van der Waals surface area contributed by atoms with Crippen LogP contribution >= 0.6 is 0 Å². The van der Waals surface area contributed by atoms with Crippen LogP contribution in [-0.2, 0) is 5.41 Å². The monoisotopic (exact) mass is 351 g/mol. The number of rotatable bonds is 3. The summed E-state index contributed by atoms with van der Waals surface area (Å²) in [5.74, 6) is 1.03. The molecule has 2 atom stereocenters. The number of anilines is 2. The Morgan fingerprint density at radius 1 is 1.23 bits per heavy atom. The van der Waals surface area contributed by atoms with Gasteiger partial charge in [0, 0.05) is 16.8 Å². The van der Waals surface area contributed by atoms with Gasteiger partial charge in [0.15, 0.2) is 0 Å². The molecule has 2 aliphatic heterocycles. The molecule has 0 saturated carbocycles. The van der Waals surface area contributed by atoms with Gasteiger partial charge in [0.25, 0.3) is 0 Å². The molecule has 5 nitrogen and oxygen atoms in total. The molecular weight excluding hydrogens is 326 g/mol. The standard InChI is InChI=1S/C21H25N3O2/c1-13(2)14-4-6-15(7-5-14)23-20(25)26-16-8-9-18-17(12-16)21(3)10-11-22-19(21)24-18/h4-9,12-13,19,22,24H,10-11H2,1-3H3,(H,23,25). The van der Waals surface area contributed by atoms with Gasteiger partial charge >= 0.3 is 6.09 Å². The molecule has 0 aliphatic carbocycles. The first kappa shape index (κ1) is 16.9. The van der Waals surface area contributed by atoms with Crippen molar-refractivity contribution < 1.29 is 9.53 Å². The number of ether oxygens (including phenoxy) is 1. The van der Waals surface area contributed by atoms with Crippen molar-refractivity contribution in [3.05, 3.63) is 53.6 Å². The minimum absolute atomic E-state index is 0.0395. The van der Waals surface area contributed by atoms with E-state index in [4.69, 9.17) is 4.74 Å². The lowest BCUT2D eigenvalue weighted by atomic mass is 9.81. The van der Waals surface area contributed by atoms with Crippen molar-refractivity contribution in [2.24, 2.45) is 0 Å². The van der Waals surface area contributed by atoms with Crippen molar-refractivity contribution >= 4 is 17.5 Å². The van der Waals surface area contributed by atoms with E-state index in [-0.39, 0.29) is 11.6 Å². The fraction of sp³-hybridized carbons (Fsp3) is 0.381. The first-order valence-corrected chi connectivity index (χ1v) is 9.19. The molecule has 0 aromatic heterocycles. The van der Waals surface area contributed by atoms with Crippen molar-refractivity contribution in [3.8, 4) is 5.75 Å². The van der Waals surface area contributed by atoms with Crippen molar-refractivity contribution in [3.63, 3.8) is 0 Å². The second kappa shape index (κ2) is 6.32. The number of carbonyl (C=O) groups excluding carboxylic acids is 1. The van der Waals surface area contributed by atoms with Gasteiger partial charge in [-0.15, -0.1) is 0 Å². The van der Waals surface area contributed by atoms with Crippen molar-refractivity contribution in [2.75, 3.05) is 17.2 Å². The van der Waals surface area contributed by atoms with E-state index in [0.29, 0.717) is 11.7 Å². The Kier molecular flexibility index (Phi) is 4.11. The highest BCUT2D eigenvalue weighted by atomic mass is 16.6. The molecule has 0 spiro atoms. The Morgan fingerprint density at radius 2 is 2.00 bits per heavy atom. The zero-order valence-electron chi connectivity index (χ0n) is 15.4. The van der Waals surface area contributed by atoms with Crippen molar-refractivity contribution in [1.82, 2.24) is 5.32 Å². The smallest absolute Gasteiger partial charge is 0.410 e. The maximum atomic E-state index is 12.2. The minimum atomic E-state index is -0.473. The number of carbonyl (C=O) groups is 1. The fourth-order valence-corrected chi connectivity index (χ4v) is 3.89. The number of fused-ring (bicyclic) bond motifs is 3. The van der Waals surface area contributed by atoms with Gasteiger partial charge in [0.2, 0.25) is 0 Å². The summed E-state index contributed by atoms with van der Waals surface area (Å²) < 4.78 is 5.52. The van der Waals surface area contributed by atoms with Crippen LogP contribution in [-0.4, -0.2) is 18.8 Å². The third-order valence-corrected chi connectivity index (χ3v) is 5.57. The van der Waals surface area contributed by atoms with Gasteiger partial charge in [-0.1, -0.05) is 32.9 Å². The molecule has 2 aromatic rings. The number of amides is 1. The molecule has 26 heavy (non-hydrogen) atoms. The highest BCUT2D eigenvalue weighted by molar-refractivity contribution is 5.86. The molecule has 4 rings (SSSR count). The van der Waals surface area contributed by atoms with Crippen LogP contribution in [0.25, 0.3) is 0 Å². The van der Waals surface area contributed by atoms with E-state index >= 15 is 0 Å². The van der Waals surface area contributed by atoms with Gasteiger partial charge in [-0.2, -0.15) is 0 Å². The number of hydrogen-bond donors (Lipinski definition) is 3. The molecule has 1 saturated heterocycles. The number of hydrogen-bond acceptors (Lipinski definition) is 4. The van der Waals surface area contributed by atoms with Gasteiger partial charge in [0.05, 0.1) is 6.17 Å². The molecule has 2 aliphatic rings. The summed E-state index contributed by atoms with van der Waals surface area (Å²) in [5.41, 5.74) is 4.33. The molecule has 1 amide bonds. The Labute approximate surface area is 154 Å².